The van der Waals surface area contributed by atoms with Gasteiger partial charge in [0.1, 0.15) is 5.82 Å². The fourth-order valence-corrected chi connectivity index (χ4v) is 2.06. The number of nitrogens with zero attached hydrogens (tertiary/aromatic N) is 1. The first-order valence-electron chi connectivity index (χ1n) is 5.48. The van der Waals surface area contributed by atoms with Crippen LogP contribution in [0.4, 0.5) is 4.39 Å². The molecule has 0 spiro atoms. The normalized spacial score (nSPS) is 10.9. The summed E-state index contributed by atoms with van der Waals surface area (Å²) < 4.78 is 15.1. The Morgan fingerprint density at radius 3 is 2.89 bits per heavy atom. The Kier molecular flexibility index (Phi) is 3.54. The average molecular weight is 270 g/mol. The number of aromatic amines is 1. The molecule has 0 saturated heterocycles. The molecule has 0 amide bonds. The lowest BCUT2D eigenvalue weighted by Crippen LogP contribution is -2.17. The molecule has 1 aromatic heterocycles. The minimum atomic E-state index is -0.431. The molecule has 96 valence electrons. The van der Waals surface area contributed by atoms with E-state index >= 15 is 0 Å². The Balaban J connectivity index is 2.67. The van der Waals surface area contributed by atoms with E-state index in [1.54, 1.807) is 7.05 Å². The number of H-pyrrole nitrogens is 1. The van der Waals surface area contributed by atoms with Crippen LogP contribution in [0.25, 0.3) is 11.3 Å². The predicted octanol–water partition coefficient (Wildman–Crippen LogP) is 1.67. The van der Waals surface area contributed by atoms with E-state index in [-0.39, 0.29) is 11.1 Å². The van der Waals surface area contributed by atoms with E-state index < -0.39 is 5.82 Å². The van der Waals surface area contributed by atoms with Crippen LogP contribution in [-0.4, -0.2) is 16.3 Å². The van der Waals surface area contributed by atoms with Gasteiger partial charge in [-0.15, -0.1) is 0 Å². The summed E-state index contributed by atoms with van der Waals surface area (Å²) in [5.74, 6) is -0.431. The van der Waals surface area contributed by atoms with Crippen molar-refractivity contribution in [2.75, 3.05) is 6.54 Å². The van der Waals surface area contributed by atoms with Crippen LogP contribution in [0.1, 0.15) is 5.56 Å². The molecular formula is C12H13ClFN3O. The topological polar surface area (TPSA) is 63.8 Å². The van der Waals surface area contributed by atoms with Gasteiger partial charge >= 0.3 is 0 Å². The van der Waals surface area contributed by atoms with Crippen molar-refractivity contribution in [2.24, 2.45) is 12.8 Å². The smallest absolute Gasteiger partial charge is 0.270 e. The van der Waals surface area contributed by atoms with Gasteiger partial charge in [-0.05, 0) is 31.2 Å². The standard InChI is InChI=1S/C12H13ClFN3O/c1-17-12(18)8(4-5-15)11(16-17)9-6-7(13)2-3-10(9)14/h2-3,6,16H,4-5,15H2,1H3. The van der Waals surface area contributed by atoms with Gasteiger partial charge in [-0.2, -0.15) is 0 Å². The third kappa shape index (κ3) is 2.19. The predicted molar refractivity (Wildman–Crippen MR) is 69.2 cm³/mol. The van der Waals surface area contributed by atoms with Gasteiger partial charge in [0, 0.05) is 23.2 Å². The highest BCUT2D eigenvalue weighted by Gasteiger charge is 2.16. The van der Waals surface area contributed by atoms with E-state index in [1.165, 1.54) is 22.9 Å². The molecule has 0 atom stereocenters. The molecule has 6 heteroatoms. The maximum Gasteiger partial charge on any atom is 0.270 e. The number of benzene rings is 1. The van der Waals surface area contributed by atoms with Gasteiger partial charge < -0.3 is 5.73 Å². The Morgan fingerprint density at radius 2 is 2.22 bits per heavy atom. The van der Waals surface area contributed by atoms with Crippen molar-refractivity contribution in [1.82, 2.24) is 9.78 Å². The summed E-state index contributed by atoms with van der Waals surface area (Å²) in [6, 6.07) is 4.22. The molecule has 0 aliphatic rings. The lowest BCUT2D eigenvalue weighted by atomic mass is 10.1. The molecule has 1 heterocycles. The summed E-state index contributed by atoms with van der Waals surface area (Å²) >= 11 is 5.85. The highest BCUT2D eigenvalue weighted by molar-refractivity contribution is 6.30. The number of nitrogens with one attached hydrogen (secondary N) is 1. The van der Waals surface area contributed by atoms with Gasteiger partial charge in [0.15, 0.2) is 0 Å². The van der Waals surface area contributed by atoms with Crippen LogP contribution < -0.4 is 11.3 Å². The molecule has 0 bridgehead atoms. The first kappa shape index (κ1) is 12.9. The maximum atomic E-state index is 13.8. The molecule has 0 unspecified atom stereocenters. The highest BCUT2D eigenvalue weighted by atomic mass is 35.5. The van der Waals surface area contributed by atoms with Crippen LogP contribution >= 0.6 is 11.6 Å². The molecule has 0 fully saturated rings. The molecule has 0 aliphatic heterocycles. The van der Waals surface area contributed by atoms with E-state index in [1.807, 2.05) is 0 Å². The lowest BCUT2D eigenvalue weighted by Gasteiger charge is -2.04. The lowest BCUT2D eigenvalue weighted by molar-refractivity contribution is 0.629. The fourth-order valence-electron chi connectivity index (χ4n) is 1.88. The second-order valence-corrected chi connectivity index (χ2v) is 4.43. The molecule has 4 nitrogen and oxygen atoms in total. The number of aryl methyl sites for hydroxylation is 1. The molecular weight excluding hydrogens is 257 g/mol. The number of rotatable bonds is 3. The van der Waals surface area contributed by atoms with Gasteiger partial charge in [-0.1, -0.05) is 11.6 Å². The number of hydrogen-bond acceptors (Lipinski definition) is 2. The zero-order chi connectivity index (χ0) is 13.3. The SMILES string of the molecule is Cn1[nH]c(-c2cc(Cl)ccc2F)c(CCN)c1=O. The van der Waals surface area contributed by atoms with Gasteiger partial charge in [0.25, 0.3) is 5.56 Å². The van der Waals surface area contributed by atoms with Crippen LogP contribution in [0.5, 0.6) is 0 Å². The van der Waals surface area contributed by atoms with E-state index in [9.17, 15) is 9.18 Å². The van der Waals surface area contributed by atoms with E-state index in [2.05, 4.69) is 5.10 Å². The Hall–Kier alpha value is -1.59. The summed E-state index contributed by atoms with van der Waals surface area (Å²) in [7, 11) is 1.58. The summed E-state index contributed by atoms with van der Waals surface area (Å²) in [5.41, 5.74) is 6.46. The minimum absolute atomic E-state index is 0.199. The molecule has 0 aliphatic carbocycles. The summed E-state index contributed by atoms with van der Waals surface area (Å²) in [4.78, 5) is 11.9. The van der Waals surface area contributed by atoms with Crippen molar-refractivity contribution in [3.8, 4) is 11.3 Å². The zero-order valence-corrected chi connectivity index (χ0v) is 10.6. The van der Waals surface area contributed by atoms with Crippen molar-refractivity contribution in [3.05, 3.63) is 45.0 Å². The second kappa shape index (κ2) is 4.96. The van der Waals surface area contributed by atoms with E-state index in [0.29, 0.717) is 29.2 Å². The van der Waals surface area contributed by atoms with Crippen molar-refractivity contribution >= 4 is 11.6 Å². The third-order valence-electron chi connectivity index (χ3n) is 2.74. The first-order valence-corrected chi connectivity index (χ1v) is 5.85. The van der Waals surface area contributed by atoms with Crippen molar-refractivity contribution in [2.45, 2.75) is 6.42 Å². The van der Waals surface area contributed by atoms with Crippen LogP contribution in [0.15, 0.2) is 23.0 Å². The molecule has 2 rings (SSSR count). The monoisotopic (exact) mass is 269 g/mol. The van der Waals surface area contributed by atoms with Crippen LogP contribution in [0.2, 0.25) is 5.02 Å². The summed E-state index contributed by atoms with van der Waals surface area (Å²) in [6.07, 6.45) is 0.386. The summed E-state index contributed by atoms with van der Waals surface area (Å²) in [5, 5.41) is 3.24. The van der Waals surface area contributed by atoms with Crippen molar-refractivity contribution < 1.29 is 4.39 Å². The van der Waals surface area contributed by atoms with Gasteiger partial charge in [0.05, 0.1) is 5.69 Å². The van der Waals surface area contributed by atoms with Crippen LogP contribution in [0.3, 0.4) is 0 Å². The molecule has 0 radical (unpaired) electrons. The van der Waals surface area contributed by atoms with Crippen molar-refractivity contribution in [1.29, 1.82) is 0 Å². The molecule has 1 aromatic carbocycles. The number of nitrogens with two attached hydrogens (primary N) is 1. The first-order chi connectivity index (χ1) is 8.54. The molecule has 0 saturated carbocycles. The molecule has 18 heavy (non-hydrogen) atoms. The Morgan fingerprint density at radius 1 is 1.50 bits per heavy atom. The number of halogens is 2. The van der Waals surface area contributed by atoms with E-state index in [4.69, 9.17) is 17.3 Å². The number of hydrogen-bond donors (Lipinski definition) is 2. The fraction of sp³-hybridized carbons (Fsp3) is 0.250. The second-order valence-electron chi connectivity index (χ2n) is 3.99. The van der Waals surface area contributed by atoms with Crippen LogP contribution in [0, 0.1) is 5.82 Å². The Labute approximate surface area is 108 Å². The largest absolute Gasteiger partial charge is 0.330 e. The number of aromatic nitrogens is 2. The van der Waals surface area contributed by atoms with Crippen molar-refractivity contribution in [3.63, 3.8) is 0 Å². The van der Waals surface area contributed by atoms with E-state index in [0.717, 1.165) is 0 Å². The van der Waals surface area contributed by atoms with Gasteiger partial charge in [-0.3, -0.25) is 14.6 Å². The average Bonchev–Trinajstić information content (AvgIpc) is 2.61. The zero-order valence-electron chi connectivity index (χ0n) is 9.84. The maximum absolute atomic E-state index is 13.8. The summed E-state index contributed by atoms with van der Waals surface area (Å²) in [6.45, 7) is 0.322. The minimum Gasteiger partial charge on any atom is -0.330 e. The highest BCUT2D eigenvalue weighted by Crippen LogP contribution is 2.26. The third-order valence-corrected chi connectivity index (χ3v) is 2.97. The quantitative estimate of drug-likeness (QED) is 0.890. The van der Waals surface area contributed by atoms with Gasteiger partial charge in [0.2, 0.25) is 0 Å². The van der Waals surface area contributed by atoms with Crippen LogP contribution in [-0.2, 0) is 13.5 Å². The Bertz CT molecular complexity index is 633. The molecule has 2 aromatic rings. The van der Waals surface area contributed by atoms with Gasteiger partial charge in [-0.25, -0.2) is 4.39 Å². The molecule has 3 N–H and O–H groups in total.